The second-order valence-corrected chi connectivity index (χ2v) is 7.05. The summed E-state index contributed by atoms with van der Waals surface area (Å²) >= 11 is -0.556. The average Bonchev–Trinajstić information content (AvgIpc) is 2.40. The number of hydrogen-bond acceptors (Lipinski definition) is 1. The number of allylic oxidation sites excluding steroid dienone is 4. The molecule has 1 rings (SSSR count). The van der Waals surface area contributed by atoms with Crippen molar-refractivity contribution in [1.82, 2.24) is 0 Å². The first-order valence-corrected chi connectivity index (χ1v) is 11.2. The second-order valence-electron chi connectivity index (χ2n) is 1.90. The van der Waals surface area contributed by atoms with Crippen LogP contribution in [0.4, 0.5) is 0 Å². The van der Waals surface area contributed by atoms with Crippen LogP contribution >= 0.6 is 27.3 Å². The van der Waals surface area contributed by atoms with Crippen molar-refractivity contribution >= 4 is 27.3 Å². The summed E-state index contributed by atoms with van der Waals surface area (Å²) in [5.41, 5.74) is 0. The average molecular weight is 406 g/mol. The van der Waals surface area contributed by atoms with E-state index in [1.165, 1.54) is 0 Å². The van der Waals surface area contributed by atoms with Crippen LogP contribution in [0, 0.1) is 6.08 Å². The minimum absolute atomic E-state index is 0.556. The topological polar surface area (TPSA) is 20.2 Å². The Kier molecular flexibility index (Phi) is 19.0. The van der Waals surface area contributed by atoms with Crippen molar-refractivity contribution in [2.24, 2.45) is 0 Å². The summed E-state index contributed by atoms with van der Waals surface area (Å²) in [7, 11) is 9.16. The molecule has 0 bridgehead atoms. The standard InChI is InChI=1S/C5H5.C2H7OP.2ClH.Ir/c1-2-4-5-3-1;1-4(2)3;;;/h1-3H,4H2;3H,1-2H3;2*1H;/q-1;;;;+3/p-2. The molecule has 1 aliphatic rings. The molecule has 0 atom stereocenters. The van der Waals surface area contributed by atoms with E-state index in [9.17, 15) is 0 Å². The van der Waals surface area contributed by atoms with Gasteiger partial charge < -0.3 is 4.89 Å². The van der Waals surface area contributed by atoms with Gasteiger partial charge in [-0.15, -0.1) is 6.42 Å². The summed E-state index contributed by atoms with van der Waals surface area (Å²) in [5.74, 6) is 0. The van der Waals surface area contributed by atoms with Crippen molar-refractivity contribution in [3.8, 4) is 0 Å². The molecule has 0 aromatic carbocycles. The molecule has 0 spiro atoms. The first-order chi connectivity index (χ1) is 5.65. The van der Waals surface area contributed by atoms with E-state index in [4.69, 9.17) is 24.1 Å². The van der Waals surface area contributed by atoms with E-state index in [1.807, 2.05) is 12.2 Å². The van der Waals surface area contributed by atoms with Gasteiger partial charge in [0.25, 0.3) is 0 Å². The molecule has 0 saturated carbocycles. The van der Waals surface area contributed by atoms with Crippen molar-refractivity contribution in [1.29, 1.82) is 0 Å². The fourth-order valence-corrected chi connectivity index (χ4v) is 0.340. The van der Waals surface area contributed by atoms with Crippen LogP contribution in [-0.4, -0.2) is 18.2 Å². The molecule has 0 aliphatic heterocycles. The molecule has 1 N–H and O–H groups in total. The maximum atomic E-state index is 8.12. The second kappa shape index (κ2) is 14.6. The Hall–Kier alpha value is 1.10. The minimum atomic E-state index is -0.620. The van der Waals surface area contributed by atoms with Crippen molar-refractivity contribution < 1.29 is 20.6 Å². The third-order valence-electron chi connectivity index (χ3n) is 0.586. The first-order valence-electron chi connectivity index (χ1n) is 3.06. The molecule has 0 radical (unpaired) electrons. The van der Waals surface area contributed by atoms with E-state index in [2.05, 4.69) is 12.2 Å². The zero-order valence-electron chi connectivity index (χ0n) is 6.92. The summed E-state index contributed by atoms with van der Waals surface area (Å²) in [6.07, 6.45) is 10.0. The van der Waals surface area contributed by atoms with Gasteiger partial charge in [0.1, 0.15) is 0 Å². The Bertz CT molecular complexity index is 116. The summed E-state index contributed by atoms with van der Waals surface area (Å²) in [4.78, 5) is 8.12. The Morgan fingerprint density at radius 3 is 2.00 bits per heavy atom. The molecule has 0 aromatic heterocycles. The van der Waals surface area contributed by atoms with E-state index in [0.717, 1.165) is 6.42 Å². The zero-order chi connectivity index (χ0) is 9.82. The molecular formula is C7H12Cl2IrOP. The summed E-state index contributed by atoms with van der Waals surface area (Å²) in [6, 6.07) is 0. The Morgan fingerprint density at radius 1 is 1.50 bits per heavy atom. The number of rotatable bonds is 0. The predicted octanol–water partition coefficient (Wildman–Crippen LogP) is 3.32. The molecule has 0 unspecified atom stereocenters. The molecular weight excluding hydrogens is 394 g/mol. The number of halogens is 2. The molecule has 0 saturated heterocycles. The van der Waals surface area contributed by atoms with E-state index in [-0.39, 0.29) is 0 Å². The van der Waals surface area contributed by atoms with E-state index in [1.54, 1.807) is 13.3 Å². The van der Waals surface area contributed by atoms with Gasteiger partial charge in [0, 0.05) is 8.15 Å². The van der Waals surface area contributed by atoms with Crippen LogP contribution in [0.2, 0.25) is 0 Å². The normalized spacial score (nSPS) is 12.2. The van der Waals surface area contributed by atoms with Gasteiger partial charge in [-0.05, 0) is 13.3 Å². The fourth-order valence-electron chi connectivity index (χ4n) is 0.340. The van der Waals surface area contributed by atoms with Crippen LogP contribution < -0.4 is 0 Å². The molecule has 1 aliphatic carbocycles. The predicted molar refractivity (Wildman–Crippen MR) is 54.3 cm³/mol. The summed E-state index contributed by atoms with van der Waals surface area (Å²) in [6.45, 7) is 3.57. The molecule has 0 fully saturated rings. The summed E-state index contributed by atoms with van der Waals surface area (Å²) < 4.78 is 0. The Balaban J connectivity index is 0. The Morgan fingerprint density at radius 2 is 1.92 bits per heavy atom. The monoisotopic (exact) mass is 406 g/mol. The van der Waals surface area contributed by atoms with Gasteiger partial charge in [-0.1, -0.05) is 0 Å². The van der Waals surface area contributed by atoms with Gasteiger partial charge in [-0.25, -0.2) is 12.2 Å². The third kappa shape index (κ3) is 30.4. The van der Waals surface area contributed by atoms with Gasteiger partial charge in [0.2, 0.25) is 0 Å². The van der Waals surface area contributed by atoms with Crippen LogP contribution in [0.3, 0.4) is 0 Å². The molecule has 12 heavy (non-hydrogen) atoms. The van der Waals surface area contributed by atoms with E-state index in [0.29, 0.717) is 0 Å². The van der Waals surface area contributed by atoms with Crippen molar-refractivity contribution in [3.05, 3.63) is 24.3 Å². The SMILES string of the molecule is CP(C)O.[C-]1=CC=CC1.[Cl][Ir+][Cl]. The van der Waals surface area contributed by atoms with Gasteiger partial charge in [0.15, 0.2) is 0 Å². The summed E-state index contributed by atoms with van der Waals surface area (Å²) in [5, 5.41) is 0. The van der Waals surface area contributed by atoms with Crippen LogP contribution in [0.15, 0.2) is 18.2 Å². The van der Waals surface area contributed by atoms with Crippen LogP contribution in [0.1, 0.15) is 6.42 Å². The molecule has 1 nitrogen and oxygen atoms in total. The van der Waals surface area contributed by atoms with Gasteiger partial charge in [-0.3, -0.25) is 6.08 Å². The van der Waals surface area contributed by atoms with Crippen molar-refractivity contribution in [2.45, 2.75) is 6.42 Å². The third-order valence-corrected chi connectivity index (χ3v) is 0.586. The van der Waals surface area contributed by atoms with Gasteiger partial charge in [0.05, 0.1) is 0 Å². The molecule has 0 heterocycles. The Labute approximate surface area is 91.6 Å². The van der Waals surface area contributed by atoms with Gasteiger partial charge in [-0.2, -0.15) is 6.08 Å². The van der Waals surface area contributed by atoms with Crippen molar-refractivity contribution in [3.63, 3.8) is 0 Å². The van der Waals surface area contributed by atoms with Crippen molar-refractivity contribution in [2.75, 3.05) is 13.3 Å². The molecule has 5 heteroatoms. The first kappa shape index (κ1) is 15.6. The van der Waals surface area contributed by atoms with E-state index >= 15 is 0 Å². The maximum absolute atomic E-state index is 8.12. The molecule has 0 amide bonds. The van der Waals surface area contributed by atoms with Crippen LogP contribution in [0.5, 0.6) is 0 Å². The quantitative estimate of drug-likeness (QED) is 0.484. The molecule has 0 aromatic rings. The zero-order valence-corrected chi connectivity index (χ0v) is 11.7. The van der Waals surface area contributed by atoms with E-state index < -0.39 is 23.8 Å². The van der Waals surface area contributed by atoms with Gasteiger partial charge >= 0.3 is 34.8 Å². The van der Waals surface area contributed by atoms with Crippen LogP contribution in [0.25, 0.3) is 0 Å². The van der Waals surface area contributed by atoms with Crippen LogP contribution in [-0.2, 0) is 15.7 Å². The molecule has 74 valence electrons. The number of hydrogen-bond donors (Lipinski definition) is 1. The fraction of sp³-hybridized carbons (Fsp3) is 0.429.